The zero-order valence-corrected chi connectivity index (χ0v) is 15.9. The summed E-state index contributed by atoms with van der Waals surface area (Å²) in [5.41, 5.74) is 3.95. The Kier molecular flexibility index (Phi) is 3.96. The number of amides is 1. The van der Waals surface area contributed by atoms with Crippen molar-refractivity contribution in [3.05, 3.63) is 85.1 Å². The molecule has 3 aromatic carbocycles. The molecule has 0 radical (unpaired) electrons. The molecule has 1 aromatic heterocycles. The van der Waals surface area contributed by atoms with Crippen molar-refractivity contribution in [1.82, 2.24) is 9.47 Å². The fraction of sp³-hybridized carbons (Fsp3) is 0.120. The van der Waals surface area contributed by atoms with Gasteiger partial charge in [0.25, 0.3) is 0 Å². The molecular formula is C25H19N3O. The maximum atomic E-state index is 11.8. The van der Waals surface area contributed by atoms with Gasteiger partial charge in [-0.15, -0.1) is 0 Å². The second kappa shape index (κ2) is 6.65. The highest BCUT2D eigenvalue weighted by molar-refractivity contribution is 5.99. The van der Waals surface area contributed by atoms with Crippen LogP contribution in [0.2, 0.25) is 0 Å². The monoisotopic (exact) mass is 377 g/mol. The minimum absolute atomic E-state index is 0.0449. The Labute approximate surface area is 168 Å². The lowest BCUT2D eigenvalue weighted by molar-refractivity contribution is -0.131. The van der Waals surface area contributed by atoms with E-state index in [1.807, 2.05) is 12.3 Å². The Morgan fingerprint density at radius 2 is 1.86 bits per heavy atom. The number of rotatable bonds is 3. The van der Waals surface area contributed by atoms with Gasteiger partial charge in [-0.3, -0.25) is 4.79 Å². The molecule has 1 aliphatic heterocycles. The van der Waals surface area contributed by atoms with E-state index >= 15 is 0 Å². The van der Waals surface area contributed by atoms with Gasteiger partial charge in [0.1, 0.15) is 6.07 Å². The summed E-state index contributed by atoms with van der Waals surface area (Å²) in [7, 11) is 0. The van der Waals surface area contributed by atoms with E-state index in [4.69, 9.17) is 0 Å². The van der Waals surface area contributed by atoms with Gasteiger partial charge in [0.15, 0.2) is 0 Å². The first-order chi connectivity index (χ1) is 14.2. The molecule has 2 heterocycles. The van der Waals surface area contributed by atoms with Crippen molar-refractivity contribution in [2.24, 2.45) is 0 Å². The topological polar surface area (TPSA) is 49.0 Å². The fourth-order valence-electron chi connectivity index (χ4n) is 4.23. The van der Waals surface area contributed by atoms with Gasteiger partial charge in [0.2, 0.25) is 5.91 Å². The number of benzene rings is 3. The number of carbonyl (C=O) groups excluding carboxylic acids is 1. The Bertz CT molecular complexity index is 1310. The van der Waals surface area contributed by atoms with Gasteiger partial charge in [0, 0.05) is 30.2 Å². The van der Waals surface area contributed by atoms with Crippen LogP contribution in [0, 0.1) is 11.3 Å². The standard InChI is InChI=1S/C25H19N3O/c1-2-25(29)27-15-20(16-27)28-14-19(13-26)23-12-18(10-11-24(23)28)22-9-5-7-17-6-3-4-8-21(17)22/h2-12,14,20H,1,15-16H2. The lowest BCUT2D eigenvalue weighted by Crippen LogP contribution is -2.49. The highest BCUT2D eigenvalue weighted by atomic mass is 16.2. The number of fused-ring (bicyclic) bond motifs is 2. The molecule has 0 bridgehead atoms. The maximum absolute atomic E-state index is 11.8. The summed E-state index contributed by atoms with van der Waals surface area (Å²) < 4.78 is 2.13. The molecule has 1 saturated heterocycles. The number of nitrogens with zero attached hydrogens (tertiary/aromatic N) is 3. The summed E-state index contributed by atoms with van der Waals surface area (Å²) in [6, 6.07) is 23.5. The Hall–Kier alpha value is -3.84. The minimum Gasteiger partial charge on any atom is -0.339 e. The van der Waals surface area contributed by atoms with Crippen molar-refractivity contribution in [1.29, 1.82) is 5.26 Å². The van der Waals surface area contributed by atoms with E-state index in [1.165, 1.54) is 16.8 Å². The third kappa shape index (κ3) is 2.71. The number of nitriles is 1. The van der Waals surface area contributed by atoms with Crippen molar-refractivity contribution >= 4 is 27.6 Å². The summed E-state index contributed by atoms with van der Waals surface area (Å²) in [5.74, 6) is -0.0449. The fourth-order valence-corrected chi connectivity index (χ4v) is 4.23. The van der Waals surface area contributed by atoms with Crippen LogP contribution in [0.4, 0.5) is 0 Å². The summed E-state index contributed by atoms with van der Waals surface area (Å²) >= 11 is 0. The van der Waals surface area contributed by atoms with Crippen molar-refractivity contribution in [2.45, 2.75) is 6.04 Å². The maximum Gasteiger partial charge on any atom is 0.246 e. The lowest BCUT2D eigenvalue weighted by atomic mass is 9.97. The molecule has 1 amide bonds. The number of likely N-dealkylation sites (tertiary alicyclic amines) is 1. The van der Waals surface area contributed by atoms with E-state index in [2.05, 4.69) is 71.8 Å². The van der Waals surface area contributed by atoms with E-state index in [9.17, 15) is 10.1 Å². The van der Waals surface area contributed by atoms with Crippen molar-refractivity contribution in [3.8, 4) is 17.2 Å². The largest absolute Gasteiger partial charge is 0.339 e. The minimum atomic E-state index is -0.0449. The SMILES string of the molecule is C=CC(=O)N1CC(n2cc(C#N)c3cc(-c4cccc5ccccc45)ccc32)C1. The van der Waals surface area contributed by atoms with Crippen molar-refractivity contribution in [2.75, 3.05) is 13.1 Å². The molecule has 4 nitrogen and oxygen atoms in total. The van der Waals surface area contributed by atoms with Gasteiger partial charge in [-0.2, -0.15) is 5.26 Å². The molecule has 1 fully saturated rings. The quantitative estimate of drug-likeness (QED) is 0.477. The molecule has 29 heavy (non-hydrogen) atoms. The van der Waals surface area contributed by atoms with E-state index < -0.39 is 0 Å². The highest BCUT2D eigenvalue weighted by Gasteiger charge is 2.31. The molecule has 4 heteroatoms. The van der Waals surface area contributed by atoms with Crippen LogP contribution < -0.4 is 0 Å². The number of carbonyl (C=O) groups is 1. The number of hydrogen-bond acceptors (Lipinski definition) is 2. The van der Waals surface area contributed by atoms with Gasteiger partial charge < -0.3 is 9.47 Å². The molecule has 5 rings (SSSR count). The first-order valence-corrected chi connectivity index (χ1v) is 9.64. The molecule has 0 saturated carbocycles. The van der Waals surface area contributed by atoms with Crippen LogP contribution >= 0.6 is 0 Å². The van der Waals surface area contributed by atoms with Crippen LogP contribution in [0.5, 0.6) is 0 Å². The summed E-state index contributed by atoms with van der Waals surface area (Å²) in [5, 5.41) is 13.0. The smallest absolute Gasteiger partial charge is 0.246 e. The van der Waals surface area contributed by atoms with Crippen LogP contribution in [0.15, 0.2) is 79.5 Å². The normalized spacial score (nSPS) is 14.0. The molecule has 0 aliphatic carbocycles. The average Bonchev–Trinajstić information content (AvgIpc) is 3.09. The highest BCUT2D eigenvalue weighted by Crippen LogP contribution is 2.34. The summed E-state index contributed by atoms with van der Waals surface area (Å²) in [6.45, 7) is 4.83. The molecular weight excluding hydrogens is 358 g/mol. The van der Waals surface area contributed by atoms with Crippen LogP contribution in [-0.4, -0.2) is 28.5 Å². The molecule has 4 aromatic rings. The number of hydrogen-bond donors (Lipinski definition) is 0. The Balaban J connectivity index is 1.59. The van der Waals surface area contributed by atoms with Crippen LogP contribution in [0.25, 0.3) is 32.8 Å². The predicted octanol–water partition coefficient (Wildman–Crippen LogP) is 4.90. The third-order valence-electron chi connectivity index (χ3n) is 5.80. The van der Waals surface area contributed by atoms with Crippen molar-refractivity contribution < 1.29 is 4.79 Å². The number of aromatic nitrogens is 1. The molecule has 0 unspecified atom stereocenters. The van der Waals surface area contributed by atoms with Gasteiger partial charge in [-0.25, -0.2) is 0 Å². The Morgan fingerprint density at radius 3 is 2.66 bits per heavy atom. The van der Waals surface area contributed by atoms with E-state index in [-0.39, 0.29) is 11.9 Å². The van der Waals surface area contributed by atoms with E-state index in [0.717, 1.165) is 22.0 Å². The van der Waals surface area contributed by atoms with Crippen LogP contribution in [0.3, 0.4) is 0 Å². The lowest BCUT2D eigenvalue weighted by Gasteiger charge is -2.39. The van der Waals surface area contributed by atoms with Gasteiger partial charge >= 0.3 is 0 Å². The van der Waals surface area contributed by atoms with Crippen molar-refractivity contribution in [3.63, 3.8) is 0 Å². The summed E-state index contributed by atoms with van der Waals surface area (Å²) in [6.07, 6.45) is 3.26. The molecule has 0 atom stereocenters. The molecule has 0 N–H and O–H groups in total. The third-order valence-corrected chi connectivity index (χ3v) is 5.80. The first kappa shape index (κ1) is 17.3. The van der Waals surface area contributed by atoms with Gasteiger partial charge in [0.05, 0.1) is 11.6 Å². The Morgan fingerprint density at radius 1 is 1.07 bits per heavy atom. The second-order valence-corrected chi connectivity index (χ2v) is 7.42. The molecule has 140 valence electrons. The van der Waals surface area contributed by atoms with E-state index in [0.29, 0.717) is 18.7 Å². The molecule has 0 spiro atoms. The zero-order valence-electron chi connectivity index (χ0n) is 15.9. The van der Waals surface area contributed by atoms with E-state index in [1.54, 1.807) is 4.90 Å². The average molecular weight is 377 g/mol. The first-order valence-electron chi connectivity index (χ1n) is 9.64. The van der Waals surface area contributed by atoms with Gasteiger partial charge in [-0.1, -0.05) is 55.1 Å². The summed E-state index contributed by atoms with van der Waals surface area (Å²) in [4.78, 5) is 13.5. The van der Waals surface area contributed by atoms with Crippen LogP contribution in [-0.2, 0) is 4.79 Å². The zero-order chi connectivity index (χ0) is 20.0. The van der Waals surface area contributed by atoms with Crippen LogP contribution in [0.1, 0.15) is 11.6 Å². The second-order valence-electron chi connectivity index (χ2n) is 7.42. The van der Waals surface area contributed by atoms with Gasteiger partial charge in [-0.05, 0) is 40.1 Å². The predicted molar refractivity (Wildman–Crippen MR) is 115 cm³/mol. The molecule has 1 aliphatic rings.